The molecule has 0 aliphatic carbocycles. The molecule has 0 saturated carbocycles. The first-order valence-corrected chi connectivity index (χ1v) is 6.28. The molecule has 1 aromatic heterocycles. The zero-order chi connectivity index (χ0) is 14.5. The second kappa shape index (κ2) is 6.25. The van der Waals surface area contributed by atoms with Gasteiger partial charge in [0.05, 0.1) is 5.02 Å². The predicted molar refractivity (Wildman–Crippen MR) is 75.9 cm³/mol. The number of hydrogen-bond acceptors (Lipinski definition) is 3. The van der Waals surface area contributed by atoms with Gasteiger partial charge < -0.3 is 14.6 Å². The monoisotopic (exact) mass is 292 g/mol. The molecule has 0 radical (unpaired) electrons. The van der Waals surface area contributed by atoms with Gasteiger partial charge in [-0.1, -0.05) is 29.8 Å². The second-order valence-corrected chi connectivity index (χ2v) is 4.53. The third-order valence-electron chi connectivity index (χ3n) is 2.71. The van der Waals surface area contributed by atoms with Gasteiger partial charge >= 0.3 is 5.97 Å². The molecular weight excluding hydrogens is 280 g/mol. The molecule has 0 aliphatic rings. The van der Waals surface area contributed by atoms with Gasteiger partial charge in [-0.3, -0.25) is 4.79 Å². The van der Waals surface area contributed by atoms with E-state index in [4.69, 9.17) is 16.3 Å². The van der Waals surface area contributed by atoms with E-state index in [9.17, 15) is 9.59 Å². The van der Waals surface area contributed by atoms with Crippen LogP contribution in [0.2, 0.25) is 5.02 Å². The summed E-state index contributed by atoms with van der Waals surface area (Å²) in [4.78, 5) is 27.6. The molecule has 6 heteroatoms. The van der Waals surface area contributed by atoms with Crippen molar-refractivity contribution in [3.8, 4) is 0 Å². The topological polar surface area (TPSA) is 62.4 Å². The molecule has 2 rings (SSSR count). The Balaban J connectivity index is 1.91. The van der Waals surface area contributed by atoms with Crippen molar-refractivity contribution in [1.82, 2.24) is 4.98 Å². The summed E-state index contributed by atoms with van der Waals surface area (Å²) >= 11 is 5.68. The third kappa shape index (κ3) is 3.39. The van der Waals surface area contributed by atoms with Gasteiger partial charge in [-0.15, -0.1) is 0 Å². The Morgan fingerprint density at radius 1 is 1.30 bits per heavy atom. The van der Waals surface area contributed by atoms with E-state index >= 15 is 0 Å². The Labute approximate surface area is 121 Å². The minimum absolute atomic E-state index is 0.213. The highest BCUT2D eigenvalue weighted by Crippen LogP contribution is 2.12. The van der Waals surface area contributed by atoms with Crippen molar-refractivity contribution in [1.29, 1.82) is 0 Å². The van der Waals surface area contributed by atoms with E-state index in [1.165, 1.54) is 17.2 Å². The van der Waals surface area contributed by atoms with Crippen LogP contribution < -0.4 is 4.90 Å². The van der Waals surface area contributed by atoms with E-state index in [1.807, 2.05) is 18.2 Å². The highest BCUT2D eigenvalue weighted by atomic mass is 35.5. The zero-order valence-electron chi connectivity index (χ0n) is 10.8. The summed E-state index contributed by atoms with van der Waals surface area (Å²) in [5.74, 6) is -0.936. The van der Waals surface area contributed by atoms with Crippen LogP contribution in [0, 0.1) is 0 Å². The number of halogens is 1. The third-order valence-corrected chi connectivity index (χ3v) is 2.93. The number of hydrogen-bond donors (Lipinski definition) is 1. The van der Waals surface area contributed by atoms with Crippen LogP contribution in [0.3, 0.4) is 0 Å². The predicted octanol–water partition coefficient (Wildman–Crippen LogP) is 2.49. The Morgan fingerprint density at radius 3 is 2.60 bits per heavy atom. The number of benzene rings is 1. The molecule has 2 aromatic rings. The van der Waals surface area contributed by atoms with Crippen molar-refractivity contribution < 1.29 is 14.3 Å². The number of carbonyl (C=O) groups excluding carboxylic acids is 2. The molecule has 1 amide bonds. The molecule has 0 fully saturated rings. The fourth-order valence-electron chi connectivity index (χ4n) is 1.58. The van der Waals surface area contributed by atoms with Crippen molar-refractivity contribution in [3.05, 3.63) is 53.3 Å². The Morgan fingerprint density at radius 2 is 2.00 bits per heavy atom. The number of H-pyrrole nitrogens is 1. The fraction of sp³-hybridized carbons (Fsp3) is 0.143. The van der Waals surface area contributed by atoms with Gasteiger partial charge in [0.1, 0.15) is 5.69 Å². The number of nitrogens with one attached hydrogen (secondary N) is 1. The number of carbonyl (C=O) groups is 2. The maximum absolute atomic E-state index is 11.9. The number of ether oxygens (including phenoxy) is 1. The lowest BCUT2D eigenvalue weighted by molar-refractivity contribution is -0.121. The molecule has 0 aliphatic heterocycles. The second-order valence-electron chi connectivity index (χ2n) is 4.10. The van der Waals surface area contributed by atoms with Gasteiger partial charge in [0.15, 0.2) is 6.61 Å². The minimum Gasteiger partial charge on any atom is -0.451 e. The van der Waals surface area contributed by atoms with Gasteiger partial charge in [0.25, 0.3) is 5.91 Å². The van der Waals surface area contributed by atoms with E-state index in [0.29, 0.717) is 5.02 Å². The van der Waals surface area contributed by atoms with E-state index in [0.717, 1.165) is 5.69 Å². The highest BCUT2D eigenvalue weighted by Gasteiger charge is 2.15. The van der Waals surface area contributed by atoms with Crippen LogP contribution in [-0.4, -0.2) is 30.5 Å². The summed E-state index contributed by atoms with van der Waals surface area (Å²) < 4.78 is 4.93. The van der Waals surface area contributed by atoms with Crippen molar-refractivity contribution >= 4 is 29.2 Å². The summed E-state index contributed by atoms with van der Waals surface area (Å²) in [6.07, 6.45) is 1.47. The number of nitrogens with zero attached hydrogens (tertiary/aromatic N) is 1. The summed E-state index contributed by atoms with van der Waals surface area (Å²) in [6.45, 7) is -0.332. The Kier molecular flexibility index (Phi) is 4.42. The number of esters is 1. The molecule has 20 heavy (non-hydrogen) atoms. The van der Waals surface area contributed by atoms with Gasteiger partial charge in [0.2, 0.25) is 0 Å². The summed E-state index contributed by atoms with van der Waals surface area (Å²) in [6, 6.07) is 10.5. The number of para-hydroxylation sites is 1. The summed E-state index contributed by atoms with van der Waals surface area (Å²) in [5.41, 5.74) is 0.946. The molecule has 1 aromatic carbocycles. The maximum Gasteiger partial charge on any atom is 0.355 e. The molecular formula is C14H13ClN2O3. The first-order chi connectivity index (χ1) is 9.58. The van der Waals surface area contributed by atoms with Gasteiger partial charge in [-0.25, -0.2) is 4.79 Å². The first kappa shape index (κ1) is 14.1. The van der Waals surface area contributed by atoms with Crippen LogP contribution in [0.25, 0.3) is 0 Å². The summed E-state index contributed by atoms with van der Waals surface area (Å²) in [7, 11) is 1.62. The maximum atomic E-state index is 11.9. The Bertz CT molecular complexity index is 610. The van der Waals surface area contributed by atoms with Crippen LogP contribution in [-0.2, 0) is 9.53 Å². The Hall–Kier alpha value is -2.27. The SMILES string of the molecule is CN(C(=O)COC(=O)c1cc(Cl)c[nH]1)c1ccccc1. The van der Waals surface area contributed by atoms with Gasteiger partial charge in [-0.2, -0.15) is 0 Å². The van der Waals surface area contributed by atoms with Crippen LogP contribution in [0.15, 0.2) is 42.6 Å². The zero-order valence-corrected chi connectivity index (χ0v) is 11.6. The number of aromatic nitrogens is 1. The number of anilines is 1. The molecule has 0 spiro atoms. The summed E-state index contributed by atoms with van der Waals surface area (Å²) in [5, 5.41) is 0.407. The van der Waals surface area contributed by atoms with E-state index in [-0.39, 0.29) is 18.2 Å². The molecule has 0 unspecified atom stereocenters. The highest BCUT2D eigenvalue weighted by molar-refractivity contribution is 6.30. The molecule has 5 nitrogen and oxygen atoms in total. The largest absolute Gasteiger partial charge is 0.451 e. The quantitative estimate of drug-likeness (QED) is 0.881. The van der Waals surface area contributed by atoms with Crippen LogP contribution in [0.4, 0.5) is 5.69 Å². The van der Waals surface area contributed by atoms with Crippen molar-refractivity contribution in [3.63, 3.8) is 0 Å². The molecule has 1 N–H and O–H groups in total. The van der Waals surface area contributed by atoms with E-state index < -0.39 is 5.97 Å². The van der Waals surface area contributed by atoms with Crippen molar-refractivity contribution in [2.45, 2.75) is 0 Å². The lowest BCUT2D eigenvalue weighted by Crippen LogP contribution is -2.31. The van der Waals surface area contributed by atoms with Crippen LogP contribution >= 0.6 is 11.6 Å². The molecule has 1 heterocycles. The van der Waals surface area contributed by atoms with E-state index in [2.05, 4.69) is 4.98 Å². The number of rotatable bonds is 4. The minimum atomic E-state index is -0.619. The standard InChI is InChI=1S/C14H13ClN2O3/c1-17(11-5-3-2-4-6-11)13(18)9-20-14(19)12-7-10(15)8-16-12/h2-8,16H,9H2,1H3. The lowest BCUT2D eigenvalue weighted by Gasteiger charge is -2.16. The van der Waals surface area contributed by atoms with Gasteiger partial charge in [-0.05, 0) is 18.2 Å². The number of aromatic amines is 1. The van der Waals surface area contributed by atoms with Crippen LogP contribution in [0.1, 0.15) is 10.5 Å². The smallest absolute Gasteiger partial charge is 0.355 e. The number of likely N-dealkylation sites (N-methyl/N-ethyl adjacent to an activating group) is 1. The van der Waals surface area contributed by atoms with E-state index in [1.54, 1.807) is 19.2 Å². The normalized spacial score (nSPS) is 10.1. The average molecular weight is 293 g/mol. The first-order valence-electron chi connectivity index (χ1n) is 5.90. The number of amides is 1. The average Bonchev–Trinajstić information content (AvgIpc) is 2.91. The fourth-order valence-corrected chi connectivity index (χ4v) is 1.75. The van der Waals surface area contributed by atoms with Gasteiger partial charge in [0, 0.05) is 18.9 Å². The molecule has 0 bridgehead atoms. The van der Waals surface area contributed by atoms with Crippen LogP contribution in [0.5, 0.6) is 0 Å². The lowest BCUT2D eigenvalue weighted by atomic mass is 10.3. The molecule has 0 atom stereocenters. The molecule has 0 saturated heterocycles. The molecule has 104 valence electrons. The van der Waals surface area contributed by atoms with Crippen molar-refractivity contribution in [2.24, 2.45) is 0 Å². The van der Waals surface area contributed by atoms with Crippen molar-refractivity contribution in [2.75, 3.05) is 18.6 Å².